The van der Waals surface area contributed by atoms with Crippen molar-refractivity contribution in [2.45, 2.75) is 17.8 Å². The average Bonchev–Trinajstić information content (AvgIpc) is 2.69. The largest absolute Gasteiger partial charge is 0.416 e. The number of rotatable bonds is 6. The summed E-state index contributed by atoms with van der Waals surface area (Å²) in [5, 5.41) is 10.9. The smallest absolute Gasteiger partial charge is 0.325 e. The summed E-state index contributed by atoms with van der Waals surface area (Å²) in [5.41, 5.74) is -0.247. The molecule has 1 amide bonds. The van der Waals surface area contributed by atoms with Crippen molar-refractivity contribution in [2.75, 3.05) is 11.1 Å². The van der Waals surface area contributed by atoms with Crippen LogP contribution in [-0.4, -0.2) is 26.8 Å². The Morgan fingerprint density at radius 3 is 2.53 bits per heavy atom. The van der Waals surface area contributed by atoms with E-state index in [0.717, 1.165) is 29.5 Å². The Labute approximate surface area is 177 Å². The SMILES string of the molecule is O=C(CSc1nnc(Cc2ccc(Cl)cc2)c(=O)[nH]1)Nc1cccc(C(F)(F)F)c1. The van der Waals surface area contributed by atoms with Crippen LogP contribution in [0.5, 0.6) is 0 Å². The van der Waals surface area contributed by atoms with Crippen molar-refractivity contribution in [2.24, 2.45) is 0 Å². The second kappa shape index (κ2) is 9.31. The number of carbonyl (C=O) groups is 1. The van der Waals surface area contributed by atoms with Crippen LogP contribution in [0.4, 0.5) is 18.9 Å². The van der Waals surface area contributed by atoms with Crippen molar-refractivity contribution in [1.29, 1.82) is 0 Å². The molecule has 0 spiro atoms. The van der Waals surface area contributed by atoms with Gasteiger partial charge in [0.1, 0.15) is 5.69 Å². The van der Waals surface area contributed by atoms with Crippen LogP contribution in [0.1, 0.15) is 16.8 Å². The first-order chi connectivity index (χ1) is 14.2. The monoisotopic (exact) mass is 454 g/mol. The van der Waals surface area contributed by atoms with Gasteiger partial charge < -0.3 is 5.32 Å². The second-order valence-electron chi connectivity index (χ2n) is 6.12. The molecule has 0 aliphatic heterocycles. The highest BCUT2D eigenvalue weighted by molar-refractivity contribution is 7.99. The van der Waals surface area contributed by atoms with Gasteiger partial charge in [-0.15, -0.1) is 10.2 Å². The third-order valence-corrected chi connectivity index (χ3v) is 4.96. The zero-order valence-electron chi connectivity index (χ0n) is 15.2. The molecule has 1 heterocycles. The van der Waals surface area contributed by atoms with Crippen molar-refractivity contribution >= 4 is 35.0 Å². The maximum Gasteiger partial charge on any atom is 0.416 e. The lowest BCUT2D eigenvalue weighted by Crippen LogP contribution is -2.19. The van der Waals surface area contributed by atoms with Gasteiger partial charge in [-0.3, -0.25) is 14.6 Å². The first-order valence-corrected chi connectivity index (χ1v) is 9.87. The predicted molar refractivity (Wildman–Crippen MR) is 108 cm³/mol. The fourth-order valence-corrected chi connectivity index (χ4v) is 3.16. The molecule has 0 bridgehead atoms. The first kappa shape index (κ1) is 21.8. The van der Waals surface area contributed by atoms with Gasteiger partial charge in [-0.1, -0.05) is 41.6 Å². The van der Waals surface area contributed by atoms with Crippen LogP contribution in [0, 0.1) is 0 Å². The van der Waals surface area contributed by atoms with E-state index in [-0.39, 0.29) is 28.7 Å². The molecular formula is C19H14ClF3N4O2S. The number of hydrogen-bond donors (Lipinski definition) is 2. The molecule has 0 saturated heterocycles. The van der Waals surface area contributed by atoms with Crippen molar-refractivity contribution < 1.29 is 18.0 Å². The summed E-state index contributed by atoms with van der Waals surface area (Å²) in [7, 11) is 0. The zero-order chi connectivity index (χ0) is 21.7. The van der Waals surface area contributed by atoms with E-state index < -0.39 is 23.2 Å². The molecule has 2 N–H and O–H groups in total. The number of aromatic nitrogens is 3. The number of amides is 1. The summed E-state index contributed by atoms with van der Waals surface area (Å²) in [5.74, 6) is -0.718. The number of anilines is 1. The summed E-state index contributed by atoms with van der Waals surface area (Å²) >= 11 is 6.73. The molecular weight excluding hydrogens is 441 g/mol. The highest BCUT2D eigenvalue weighted by atomic mass is 35.5. The Hall–Kier alpha value is -2.85. The standard InChI is InChI=1S/C19H14ClF3N4O2S/c20-13-6-4-11(5-7-13)8-15-17(29)25-18(27-26-15)30-10-16(28)24-14-3-1-2-12(9-14)19(21,22)23/h1-7,9H,8,10H2,(H,24,28)(H,25,27,29). The van der Waals surface area contributed by atoms with E-state index in [0.29, 0.717) is 5.02 Å². The number of benzene rings is 2. The maximum absolute atomic E-state index is 12.7. The summed E-state index contributed by atoms with van der Waals surface area (Å²) in [6.07, 6.45) is -4.24. The molecule has 6 nitrogen and oxygen atoms in total. The van der Waals surface area contributed by atoms with E-state index in [1.165, 1.54) is 12.1 Å². The van der Waals surface area contributed by atoms with E-state index in [1.807, 2.05) is 0 Å². The Balaban J connectivity index is 1.58. The molecule has 0 radical (unpaired) electrons. The molecule has 3 rings (SSSR count). The molecule has 0 aliphatic carbocycles. The summed E-state index contributed by atoms with van der Waals surface area (Å²) < 4.78 is 38.2. The van der Waals surface area contributed by atoms with Crippen LogP contribution in [0.2, 0.25) is 5.02 Å². The summed E-state index contributed by atoms with van der Waals surface area (Å²) in [6.45, 7) is 0. The molecule has 0 aliphatic rings. The van der Waals surface area contributed by atoms with Crippen LogP contribution < -0.4 is 10.9 Å². The fourth-order valence-electron chi connectivity index (χ4n) is 2.43. The van der Waals surface area contributed by atoms with Gasteiger partial charge in [0, 0.05) is 17.1 Å². The minimum absolute atomic E-state index is 0.0216. The van der Waals surface area contributed by atoms with Crippen molar-refractivity contribution in [1.82, 2.24) is 15.2 Å². The Bertz CT molecular complexity index is 1100. The van der Waals surface area contributed by atoms with E-state index in [9.17, 15) is 22.8 Å². The lowest BCUT2D eigenvalue weighted by molar-refractivity contribution is -0.137. The Morgan fingerprint density at radius 1 is 1.13 bits per heavy atom. The number of aromatic amines is 1. The number of carbonyl (C=O) groups excluding carboxylic acids is 1. The number of nitrogens with one attached hydrogen (secondary N) is 2. The molecule has 3 aromatic rings. The molecule has 1 aromatic heterocycles. The molecule has 11 heteroatoms. The van der Waals surface area contributed by atoms with E-state index in [4.69, 9.17) is 11.6 Å². The van der Waals surface area contributed by atoms with Crippen LogP contribution in [-0.2, 0) is 17.4 Å². The van der Waals surface area contributed by atoms with Gasteiger partial charge in [0.2, 0.25) is 5.91 Å². The first-order valence-electron chi connectivity index (χ1n) is 8.51. The molecule has 2 aromatic carbocycles. The second-order valence-corrected chi connectivity index (χ2v) is 7.53. The van der Waals surface area contributed by atoms with Crippen molar-refractivity contribution in [3.63, 3.8) is 0 Å². The molecule has 156 valence electrons. The van der Waals surface area contributed by atoms with E-state index >= 15 is 0 Å². The average molecular weight is 455 g/mol. The number of H-pyrrole nitrogens is 1. The minimum Gasteiger partial charge on any atom is -0.325 e. The van der Waals surface area contributed by atoms with Gasteiger partial charge in [0.05, 0.1) is 11.3 Å². The number of halogens is 4. The maximum atomic E-state index is 12.7. The number of alkyl halides is 3. The van der Waals surface area contributed by atoms with Gasteiger partial charge in [-0.25, -0.2) is 0 Å². The molecule has 30 heavy (non-hydrogen) atoms. The number of thioether (sulfide) groups is 1. The Kier molecular flexibility index (Phi) is 6.78. The van der Waals surface area contributed by atoms with Gasteiger partial charge in [-0.05, 0) is 35.9 Å². The predicted octanol–water partition coefficient (Wildman–Crippen LogP) is 4.16. The third kappa shape index (κ3) is 6.07. The molecule has 0 fully saturated rings. The van der Waals surface area contributed by atoms with Crippen LogP contribution >= 0.6 is 23.4 Å². The quantitative estimate of drug-likeness (QED) is 0.546. The molecule has 0 unspecified atom stereocenters. The van der Waals surface area contributed by atoms with Gasteiger partial charge in [0.25, 0.3) is 5.56 Å². The third-order valence-electron chi connectivity index (χ3n) is 3.84. The normalized spacial score (nSPS) is 11.3. The highest BCUT2D eigenvalue weighted by Gasteiger charge is 2.30. The molecule has 0 saturated carbocycles. The van der Waals surface area contributed by atoms with Crippen molar-refractivity contribution in [3.8, 4) is 0 Å². The van der Waals surface area contributed by atoms with Gasteiger partial charge in [0.15, 0.2) is 5.16 Å². The topological polar surface area (TPSA) is 87.7 Å². The highest BCUT2D eigenvalue weighted by Crippen LogP contribution is 2.30. The lowest BCUT2D eigenvalue weighted by Gasteiger charge is -2.09. The van der Waals surface area contributed by atoms with Crippen molar-refractivity contribution in [3.05, 3.63) is 80.7 Å². The van der Waals surface area contributed by atoms with E-state index in [1.54, 1.807) is 24.3 Å². The zero-order valence-corrected chi connectivity index (χ0v) is 16.7. The molecule has 0 atom stereocenters. The fraction of sp³-hybridized carbons (Fsp3) is 0.158. The Morgan fingerprint density at radius 2 is 1.87 bits per heavy atom. The summed E-state index contributed by atoms with van der Waals surface area (Å²) in [4.78, 5) is 26.7. The number of hydrogen-bond acceptors (Lipinski definition) is 5. The van der Waals surface area contributed by atoms with Gasteiger partial charge >= 0.3 is 6.18 Å². The van der Waals surface area contributed by atoms with Crippen LogP contribution in [0.25, 0.3) is 0 Å². The number of nitrogens with zero attached hydrogens (tertiary/aromatic N) is 2. The lowest BCUT2D eigenvalue weighted by atomic mass is 10.1. The van der Waals surface area contributed by atoms with Gasteiger partial charge in [-0.2, -0.15) is 13.2 Å². The summed E-state index contributed by atoms with van der Waals surface area (Å²) in [6, 6.07) is 11.2. The minimum atomic E-state index is -4.50. The van der Waals surface area contributed by atoms with Crippen LogP contribution in [0.15, 0.2) is 58.5 Å². The van der Waals surface area contributed by atoms with Crippen LogP contribution in [0.3, 0.4) is 0 Å². The van der Waals surface area contributed by atoms with E-state index in [2.05, 4.69) is 20.5 Å².